The number of halogens is 1. The SMILES string of the molecule is COCCCNC(=O)Cn1cc(/C=C2\C(=O)N(C)c3ccc(S(=O)(=O)N4CCOCC4)cc32)c2cc(Br)ccc21. The van der Waals surface area contributed by atoms with Crippen molar-refractivity contribution in [3.63, 3.8) is 0 Å². The van der Waals surface area contributed by atoms with Crippen molar-refractivity contribution in [2.24, 2.45) is 0 Å². The van der Waals surface area contributed by atoms with Crippen LogP contribution in [0, 0.1) is 0 Å². The van der Waals surface area contributed by atoms with Crippen molar-refractivity contribution in [2.45, 2.75) is 17.9 Å². The molecule has 2 aliphatic heterocycles. The molecule has 1 aromatic heterocycles. The van der Waals surface area contributed by atoms with E-state index in [4.69, 9.17) is 9.47 Å². The number of amides is 2. The van der Waals surface area contributed by atoms with E-state index in [0.29, 0.717) is 43.2 Å². The van der Waals surface area contributed by atoms with Crippen LogP contribution in [0.5, 0.6) is 0 Å². The Hall–Kier alpha value is -3.03. The Labute approximate surface area is 241 Å². The number of anilines is 1. The van der Waals surface area contributed by atoms with E-state index in [1.54, 1.807) is 38.4 Å². The van der Waals surface area contributed by atoms with Crippen LogP contribution in [0.2, 0.25) is 0 Å². The number of benzene rings is 2. The first-order chi connectivity index (χ1) is 19.2. The minimum Gasteiger partial charge on any atom is -0.385 e. The molecule has 0 spiro atoms. The fourth-order valence-corrected chi connectivity index (χ4v) is 6.81. The van der Waals surface area contributed by atoms with Crippen molar-refractivity contribution in [1.29, 1.82) is 0 Å². The van der Waals surface area contributed by atoms with Crippen LogP contribution in [-0.2, 0) is 35.6 Å². The van der Waals surface area contributed by atoms with Crippen molar-refractivity contribution >= 4 is 66.0 Å². The molecule has 2 aliphatic rings. The minimum absolute atomic E-state index is 0.112. The highest BCUT2D eigenvalue weighted by molar-refractivity contribution is 9.10. The molecule has 1 saturated heterocycles. The molecule has 12 heteroatoms. The second-order valence-electron chi connectivity index (χ2n) is 9.69. The van der Waals surface area contributed by atoms with Crippen LogP contribution in [0.3, 0.4) is 0 Å². The number of nitrogens with zero attached hydrogens (tertiary/aromatic N) is 3. The minimum atomic E-state index is -3.74. The summed E-state index contributed by atoms with van der Waals surface area (Å²) in [5.74, 6) is -0.363. The molecular weight excluding hydrogens is 600 g/mol. The van der Waals surface area contributed by atoms with E-state index in [0.717, 1.165) is 27.4 Å². The molecule has 2 aromatic carbocycles. The lowest BCUT2D eigenvalue weighted by Crippen LogP contribution is -2.40. The number of rotatable bonds is 9. The van der Waals surface area contributed by atoms with Crippen molar-refractivity contribution in [3.8, 4) is 0 Å². The summed E-state index contributed by atoms with van der Waals surface area (Å²) in [6.45, 7) is 2.47. The number of carbonyl (C=O) groups is 2. The molecule has 2 amide bonds. The molecule has 0 saturated carbocycles. The highest BCUT2D eigenvalue weighted by Gasteiger charge is 2.33. The number of hydrogen-bond acceptors (Lipinski definition) is 6. The first-order valence-electron chi connectivity index (χ1n) is 13.0. The van der Waals surface area contributed by atoms with Gasteiger partial charge in [0.05, 0.1) is 23.8 Å². The lowest BCUT2D eigenvalue weighted by Gasteiger charge is -2.26. The molecule has 0 bridgehead atoms. The average Bonchev–Trinajstić information content (AvgIpc) is 3.40. The zero-order valence-corrected chi connectivity index (χ0v) is 24.8. The molecule has 0 radical (unpaired) electrons. The molecule has 3 aromatic rings. The van der Waals surface area contributed by atoms with E-state index in [1.807, 2.05) is 29.0 Å². The molecule has 212 valence electrons. The number of fused-ring (bicyclic) bond motifs is 2. The topological polar surface area (TPSA) is 110 Å². The van der Waals surface area contributed by atoms with Crippen molar-refractivity contribution in [3.05, 3.63) is 58.2 Å². The van der Waals surface area contributed by atoms with Crippen molar-refractivity contribution in [1.82, 2.24) is 14.2 Å². The van der Waals surface area contributed by atoms with E-state index in [-0.39, 0.29) is 36.3 Å². The van der Waals surface area contributed by atoms with Gasteiger partial charge in [0.2, 0.25) is 15.9 Å². The summed E-state index contributed by atoms with van der Waals surface area (Å²) in [6, 6.07) is 10.6. The molecule has 0 unspecified atom stereocenters. The summed E-state index contributed by atoms with van der Waals surface area (Å²) in [5.41, 5.74) is 3.16. The fraction of sp³-hybridized carbons (Fsp3) is 0.357. The van der Waals surface area contributed by atoms with Crippen LogP contribution in [-0.4, -0.2) is 82.7 Å². The maximum Gasteiger partial charge on any atom is 0.258 e. The zero-order chi connectivity index (χ0) is 28.4. The molecule has 0 atom stereocenters. The molecule has 1 fully saturated rings. The number of hydrogen-bond donors (Lipinski definition) is 1. The number of sulfonamides is 1. The van der Waals surface area contributed by atoms with Gasteiger partial charge in [-0.3, -0.25) is 9.59 Å². The first-order valence-corrected chi connectivity index (χ1v) is 15.2. The van der Waals surface area contributed by atoms with E-state index >= 15 is 0 Å². The summed E-state index contributed by atoms with van der Waals surface area (Å²) < 4.78 is 41.2. The van der Waals surface area contributed by atoms with Gasteiger partial charge in [-0.1, -0.05) is 15.9 Å². The largest absolute Gasteiger partial charge is 0.385 e. The van der Waals surface area contributed by atoms with Crippen molar-refractivity contribution in [2.75, 3.05) is 58.5 Å². The van der Waals surface area contributed by atoms with Gasteiger partial charge >= 0.3 is 0 Å². The molecular formula is C28H31BrN4O6S. The first kappa shape index (κ1) is 28.5. The van der Waals surface area contributed by atoms with Gasteiger partial charge in [-0.25, -0.2) is 8.42 Å². The Morgan fingerprint density at radius 3 is 2.70 bits per heavy atom. The number of aromatic nitrogens is 1. The van der Waals surface area contributed by atoms with Crippen LogP contribution in [0.25, 0.3) is 22.6 Å². The maximum atomic E-state index is 13.4. The Morgan fingerprint density at radius 1 is 1.18 bits per heavy atom. The van der Waals surface area contributed by atoms with Crippen molar-refractivity contribution < 1.29 is 27.5 Å². The molecule has 0 aliphatic carbocycles. The highest BCUT2D eigenvalue weighted by atomic mass is 79.9. The van der Waals surface area contributed by atoms with E-state index in [9.17, 15) is 18.0 Å². The van der Waals surface area contributed by atoms with E-state index in [1.165, 1.54) is 9.21 Å². The van der Waals surface area contributed by atoms with Gasteiger partial charge in [0.15, 0.2) is 0 Å². The van der Waals surface area contributed by atoms with E-state index < -0.39 is 10.0 Å². The number of likely N-dealkylation sites (N-methyl/N-ethyl adjacent to an activating group) is 1. The maximum absolute atomic E-state index is 13.4. The van der Waals surface area contributed by atoms with Crippen LogP contribution in [0.15, 0.2) is 52.0 Å². The molecule has 3 heterocycles. The summed E-state index contributed by atoms with van der Waals surface area (Å²) in [5, 5.41) is 3.76. The number of nitrogens with one attached hydrogen (secondary N) is 1. The summed E-state index contributed by atoms with van der Waals surface area (Å²) >= 11 is 3.53. The third kappa shape index (κ3) is 5.59. The predicted molar refractivity (Wildman–Crippen MR) is 156 cm³/mol. The highest BCUT2D eigenvalue weighted by Crippen LogP contribution is 2.40. The number of ether oxygens (including phenoxy) is 2. The lowest BCUT2D eigenvalue weighted by molar-refractivity contribution is -0.121. The number of carbonyl (C=O) groups excluding carboxylic acids is 2. The molecule has 1 N–H and O–H groups in total. The standard InChI is InChI=1S/C28H31BrN4O6S/c1-31-25-7-5-21(40(36,37)33-9-12-39-13-10-33)16-23(25)24(28(31)35)14-19-17-32(18-27(34)30-8-3-11-38-2)26-6-4-20(29)15-22(19)26/h4-7,14-17H,3,8-13,18H2,1-2H3,(H,30,34)/b24-14-. The van der Waals surface area contributed by atoms with Gasteiger partial charge in [0.25, 0.3) is 5.91 Å². The van der Waals surface area contributed by atoms with E-state index in [2.05, 4.69) is 21.2 Å². The predicted octanol–water partition coefficient (Wildman–Crippen LogP) is 3.09. The Bertz CT molecular complexity index is 1590. The quantitative estimate of drug-likeness (QED) is 0.287. The van der Waals surface area contributed by atoms with Gasteiger partial charge < -0.3 is 24.3 Å². The van der Waals surface area contributed by atoms with Gasteiger partial charge in [-0.2, -0.15) is 4.31 Å². The fourth-order valence-electron chi connectivity index (χ4n) is 5.02. The monoisotopic (exact) mass is 630 g/mol. The third-order valence-electron chi connectivity index (χ3n) is 7.10. The third-order valence-corrected chi connectivity index (χ3v) is 9.49. The zero-order valence-electron chi connectivity index (χ0n) is 22.4. The van der Waals surface area contributed by atoms with Gasteiger partial charge in [0, 0.05) is 78.7 Å². The van der Waals surface area contributed by atoms with Crippen LogP contribution < -0.4 is 10.2 Å². The molecule has 5 rings (SSSR count). The van der Waals surface area contributed by atoms with Crippen LogP contribution in [0.1, 0.15) is 17.5 Å². The number of morpholine rings is 1. The molecule has 10 nitrogen and oxygen atoms in total. The Morgan fingerprint density at radius 2 is 1.95 bits per heavy atom. The lowest BCUT2D eigenvalue weighted by atomic mass is 10.0. The Kier molecular flexibility index (Phi) is 8.43. The summed E-state index contributed by atoms with van der Waals surface area (Å²) in [4.78, 5) is 27.7. The van der Waals surface area contributed by atoms with Gasteiger partial charge in [-0.15, -0.1) is 0 Å². The van der Waals surface area contributed by atoms with Crippen LogP contribution >= 0.6 is 15.9 Å². The van der Waals surface area contributed by atoms with Crippen LogP contribution in [0.4, 0.5) is 5.69 Å². The Balaban J connectivity index is 1.52. The van der Waals surface area contributed by atoms with Gasteiger partial charge in [0.1, 0.15) is 6.54 Å². The molecule has 40 heavy (non-hydrogen) atoms. The summed E-state index contributed by atoms with van der Waals surface area (Å²) in [6.07, 6.45) is 4.34. The number of methoxy groups -OCH3 is 1. The second-order valence-corrected chi connectivity index (χ2v) is 12.5. The normalized spacial score (nSPS) is 17.1. The summed E-state index contributed by atoms with van der Waals surface area (Å²) in [7, 11) is -0.448. The average molecular weight is 632 g/mol. The van der Waals surface area contributed by atoms with Gasteiger partial charge in [-0.05, 0) is 48.9 Å². The smallest absolute Gasteiger partial charge is 0.258 e. The second kappa shape index (κ2) is 11.8.